The molecule has 0 bridgehead atoms. The first-order chi connectivity index (χ1) is 10.3. The van der Waals surface area contributed by atoms with Crippen LogP contribution < -0.4 is 5.32 Å². The second kappa shape index (κ2) is 6.78. The normalized spacial score (nSPS) is 24.6. The summed E-state index contributed by atoms with van der Waals surface area (Å²) in [6, 6.07) is 10.2. The predicted octanol–water partition coefficient (Wildman–Crippen LogP) is 1.88. The van der Waals surface area contributed by atoms with Crippen molar-refractivity contribution in [3.8, 4) is 6.07 Å². The SMILES string of the molecule is CC(NC1CCN(S(C)(=O)=O)CC1C)c1ccc(C#N)cc1. The third-order valence-electron chi connectivity index (χ3n) is 4.34. The van der Waals surface area contributed by atoms with Gasteiger partial charge in [-0.3, -0.25) is 0 Å². The van der Waals surface area contributed by atoms with Crippen molar-refractivity contribution in [1.29, 1.82) is 5.26 Å². The molecule has 1 N–H and O–H groups in total. The minimum Gasteiger partial charge on any atom is -0.307 e. The molecule has 5 nitrogen and oxygen atoms in total. The average Bonchev–Trinajstić information content (AvgIpc) is 2.48. The number of nitriles is 1. The van der Waals surface area contributed by atoms with E-state index in [-0.39, 0.29) is 12.0 Å². The van der Waals surface area contributed by atoms with E-state index in [1.54, 1.807) is 4.31 Å². The maximum absolute atomic E-state index is 11.6. The molecule has 3 unspecified atom stereocenters. The number of piperidine rings is 1. The fourth-order valence-electron chi connectivity index (χ4n) is 2.92. The molecular weight excluding hydrogens is 298 g/mol. The zero-order valence-corrected chi connectivity index (χ0v) is 14.1. The van der Waals surface area contributed by atoms with Crippen molar-refractivity contribution >= 4 is 10.0 Å². The van der Waals surface area contributed by atoms with Gasteiger partial charge in [-0.1, -0.05) is 19.1 Å². The zero-order chi connectivity index (χ0) is 16.3. The quantitative estimate of drug-likeness (QED) is 0.919. The third kappa shape index (κ3) is 4.07. The second-order valence-corrected chi connectivity index (χ2v) is 8.10. The smallest absolute Gasteiger partial charge is 0.211 e. The fourth-order valence-corrected chi connectivity index (χ4v) is 3.86. The molecule has 0 saturated carbocycles. The van der Waals surface area contributed by atoms with Crippen LogP contribution in [0.2, 0.25) is 0 Å². The van der Waals surface area contributed by atoms with Gasteiger partial charge in [0.15, 0.2) is 0 Å². The summed E-state index contributed by atoms with van der Waals surface area (Å²) in [6.07, 6.45) is 2.09. The number of benzene rings is 1. The number of rotatable bonds is 4. The Balaban J connectivity index is 1.97. The van der Waals surface area contributed by atoms with E-state index in [0.29, 0.717) is 24.7 Å². The van der Waals surface area contributed by atoms with E-state index in [1.165, 1.54) is 6.26 Å². The van der Waals surface area contributed by atoms with Gasteiger partial charge in [0, 0.05) is 25.2 Å². The molecule has 1 aliphatic heterocycles. The largest absolute Gasteiger partial charge is 0.307 e. The molecular formula is C16H23N3O2S. The van der Waals surface area contributed by atoms with Crippen molar-refractivity contribution in [2.24, 2.45) is 5.92 Å². The van der Waals surface area contributed by atoms with Gasteiger partial charge in [-0.2, -0.15) is 5.26 Å². The highest BCUT2D eigenvalue weighted by molar-refractivity contribution is 7.88. The van der Waals surface area contributed by atoms with Crippen molar-refractivity contribution in [2.75, 3.05) is 19.3 Å². The van der Waals surface area contributed by atoms with Crippen LogP contribution in [0, 0.1) is 17.2 Å². The summed E-state index contributed by atoms with van der Waals surface area (Å²) in [7, 11) is -3.10. The maximum atomic E-state index is 11.6. The van der Waals surface area contributed by atoms with Gasteiger partial charge >= 0.3 is 0 Å². The lowest BCUT2D eigenvalue weighted by Crippen LogP contribution is -2.50. The van der Waals surface area contributed by atoms with E-state index in [2.05, 4.69) is 25.2 Å². The van der Waals surface area contributed by atoms with E-state index in [4.69, 9.17) is 5.26 Å². The van der Waals surface area contributed by atoms with Gasteiger partial charge in [-0.25, -0.2) is 12.7 Å². The highest BCUT2D eigenvalue weighted by Gasteiger charge is 2.31. The van der Waals surface area contributed by atoms with Gasteiger partial charge in [-0.15, -0.1) is 0 Å². The average molecular weight is 321 g/mol. The van der Waals surface area contributed by atoms with E-state index < -0.39 is 10.0 Å². The first-order valence-corrected chi connectivity index (χ1v) is 9.37. The summed E-state index contributed by atoms with van der Waals surface area (Å²) in [4.78, 5) is 0. The minimum atomic E-state index is -3.10. The van der Waals surface area contributed by atoms with Gasteiger partial charge in [0.1, 0.15) is 0 Å². The van der Waals surface area contributed by atoms with E-state index >= 15 is 0 Å². The van der Waals surface area contributed by atoms with Crippen LogP contribution in [0.5, 0.6) is 0 Å². The number of nitrogens with one attached hydrogen (secondary N) is 1. The van der Waals surface area contributed by atoms with Gasteiger partial charge in [0.25, 0.3) is 0 Å². The Morgan fingerprint density at radius 2 is 2.00 bits per heavy atom. The lowest BCUT2D eigenvalue weighted by atomic mass is 9.93. The number of hydrogen-bond acceptors (Lipinski definition) is 4. The fraction of sp³-hybridized carbons (Fsp3) is 0.562. The monoisotopic (exact) mass is 321 g/mol. The molecule has 0 radical (unpaired) electrons. The standard InChI is InChI=1S/C16H23N3O2S/c1-12-11-19(22(3,20)21)9-8-16(12)18-13(2)15-6-4-14(10-17)5-7-15/h4-7,12-13,16,18H,8-9,11H2,1-3H3. The lowest BCUT2D eigenvalue weighted by molar-refractivity contribution is 0.210. The number of sulfonamides is 1. The molecule has 1 saturated heterocycles. The van der Waals surface area contributed by atoms with E-state index in [9.17, 15) is 8.42 Å². The molecule has 2 rings (SSSR count). The maximum Gasteiger partial charge on any atom is 0.211 e. The molecule has 6 heteroatoms. The topological polar surface area (TPSA) is 73.2 Å². The predicted molar refractivity (Wildman–Crippen MR) is 86.7 cm³/mol. The molecule has 1 aliphatic rings. The van der Waals surface area contributed by atoms with E-state index in [0.717, 1.165) is 12.0 Å². The molecule has 3 atom stereocenters. The van der Waals surface area contributed by atoms with Gasteiger partial charge in [0.05, 0.1) is 17.9 Å². The first kappa shape index (κ1) is 16.9. The van der Waals surface area contributed by atoms with Gasteiger partial charge in [-0.05, 0) is 37.0 Å². The molecule has 1 heterocycles. The summed E-state index contributed by atoms with van der Waals surface area (Å²) in [5.74, 6) is 0.268. The van der Waals surface area contributed by atoms with Crippen LogP contribution in [0.1, 0.15) is 37.4 Å². The molecule has 1 aromatic carbocycles. The molecule has 1 fully saturated rings. The molecule has 0 spiro atoms. The van der Waals surface area contributed by atoms with Gasteiger partial charge in [0.2, 0.25) is 10.0 Å². The van der Waals surface area contributed by atoms with Crippen LogP contribution in [0.25, 0.3) is 0 Å². The summed E-state index contributed by atoms with van der Waals surface area (Å²) in [6.45, 7) is 5.31. The minimum absolute atomic E-state index is 0.171. The van der Waals surface area contributed by atoms with Crippen LogP contribution >= 0.6 is 0 Å². The summed E-state index contributed by atoms with van der Waals surface area (Å²) >= 11 is 0. The van der Waals surface area contributed by atoms with E-state index in [1.807, 2.05) is 24.3 Å². The molecule has 1 aromatic rings. The van der Waals surface area contributed by atoms with Crippen molar-refractivity contribution < 1.29 is 8.42 Å². The molecule has 0 amide bonds. The molecule has 22 heavy (non-hydrogen) atoms. The lowest BCUT2D eigenvalue weighted by Gasteiger charge is -2.37. The van der Waals surface area contributed by atoms with Crippen LogP contribution in [-0.4, -0.2) is 38.1 Å². The van der Waals surface area contributed by atoms with Crippen molar-refractivity contribution in [1.82, 2.24) is 9.62 Å². The highest BCUT2D eigenvalue weighted by Crippen LogP contribution is 2.22. The van der Waals surface area contributed by atoms with Crippen molar-refractivity contribution in [3.05, 3.63) is 35.4 Å². The molecule has 120 valence electrons. The van der Waals surface area contributed by atoms with Crippen molar-refractivity contribution in [3.63, 3.8) is 0 Å². The summed E-state index contributed by atoms with van der Waals surface area (Å²) < 4.78 is 24.8. The van der Waals surface area contributed by atoms with Crippen LogP contribution in [-0.2, 0) is 10.0 Å². The Morgan fingerprint density at radius 3 is 2.50 bits per heavy atom. The molecule has 0 aromatic heterocycles. The van der Waals surface area contributed by atoms with Gasteiger partial charge < -0.3 is 5.32 Å². The number of hydrogen-bond donors (Lipinski definition) is 1. The highest BCUT2D eigenvalue weighted by atomic mass is 32.2. The number of nitrogens with zero attached hydrogens (tertiary/aromatic N) is 2. The third-order valence-corrected chi connectivity index (χ3v) is 5.61. The van der Waals surface area contributed by atoms with Crippen molar-refractivity contribution in [2.45, 2.75) is 32.4 Å². The first-order valence-electron chi connectivity index (χ1n) is 7.52. The molecule has 0 aliphatic carbocycles. The Bertz CT molecular complexity index is 649. The second-order valence-electron chi connectivity index (χ2n) is 6.12. The van der Waals surface area contributed by atoms with Crippen LogP contribution in [0.4, 0.5) is 0 Å². The summed E-state index contributed by atoms with van der Waals surface area (Å²) in [5, 5.41) is 12.4. The Morgan fingerprint density at radius 1 is 1.36 bits per heavy atom. The van der Waals surface area contributed by atoms with Crippen LogP contribution in [0.3, 0.4) is 0 Å². The summed E-state index contributed by atoms with van der Waals surface area (Å²) in [5.41, 5.74) is 1.79. The van der Waals surface area contributed by atoms with Crippen LogP contribution in [0.15, 0.2) is 24.3 Å². The Kier molecular flexibility index (Phi) is 5.22. The Hall–Kier alpha value is -1.42. The zero-order valence-electron chi connectivity index (χ0n) is 13.3. The Labute approximate surface area is 133 Å².